The summed E-state index contributed by atoms with van der Waals surface area (Å²) in [5.41, 5.74) is 4.61. The van der Waals surface area contributed by atoms with Crippen molar-refractivity contribution in [3.63, 3.8) is 0 Å². The number of rotatable bonds is 4. The third-order valence-corrected chi connectivity index (χ3v) is 4.43. The van der Waals surface area contributed by atoms with Crippen molar-refractivity contribution in [2.75, 3.05) is 0 Å². The van der Waals surface area contributed by atoms with Crippen LogP contribution in [0.5, 0.6) is 0 Å². The van der Waals surface area contributed by atoms with Gasteiger partial charge in [0.25, 0.3) is 0 Å². The lowest BCUT2D eigenvalue weighted by Gasteiger charge is -2.20. The van der Waals surface area contributed by atoms with Gasteiger partial charge in [-0.1, -0.05) is 44.5 Å². The predicted molar refractivity (Wildman–Crippen MR) is 87.7 cm³/mol. The standard InChI is InChI=1S/C20H20O2/c1-3-5-8-14-12-18-17(11-13(14)4-2)19(21)15-9-6-7-10-16(15)20(18)22/h6-7,9-12H,3-5,8H2,1-2H3. The van der Waals surface area contributed by atoms with Crippen LogP contribution < -0.4 is 0 Å². The summed E-state index contributed by atoms with van der Waals surface area (Å²) in [7, 11) is 0. The molecule has 22 heavy (non-hydrogen) atoms. The molecule has 0 saturated heterocycles. The van der Waals surface area contributed by atoms with E-state index in [1.807, 2.05) is 24.3 Å². The molecule has 0 aromatic heterocycles. The molecule has 0 spiro atoms. The lowest BCUT2D eigenvalue weighted by Crippen LogP contribution is -2.21. The molecule has 2 aromatic rings. The number of ketones is 2. The summed E-state index contributed by atoms with van der Waals surface area (Å²) in [6.45, 7) is 4.26. The van der Waals surface area contributed by atoms with Crippen LogP contribution in [0.15, 0.2) is 36.4 Å². The van der Waals surface area contributed by atoms with Gasteiger partial charge in [0.05, 0.1) is 0 Å². The van der Waals surface area contributed by atoms with Gasteiger partial charge < -0.3 is 0 Å². The van der Waals surface area contributed by atoms with Crippen molar-refractivity contribution in [1.29, 1.82) is 0 Å². The number of unbranched alkanes of at least 4 members (excludes halogenated alkanes) is 1. The average Bonchev–Trinajstić information content (AvgIpc) is 2.57. The molecule has 112 valence electrons. The quantitative estimate of drug-likeness (QED) is 0.715. The van der Waals surface area contributed by atoms with Crippen molar-refractivity contribution in [2.45, 2.75) is 39.5 Å². The van der Waals surface area contributed by atoms with Gasteiger partial charge in [-0.05, 0) is 42.5 Å². The van der Waals surface area contributed by atoms with Crippen LogP contribution in [0.2, 0.25) is 0 Å². The van der Waals surface area contributed by atoms with Crippen LogP contribution in [0, 0.1) is 0 Å². The van der Waals surface area contributed by atoms with Gasteiger partial charge in [-0.15, -0.1) is 0 Å². The number of carbonyl (C=O) groups is 2. The summed E-state index contributed by atoms with van der Waals surface area (Å²) in [6.07, 6.45) is 4.08. The maximum Gasteiger partial charge on any atom is 0.194 e. The first kappa shape index (κ1) is 14.7. The van der Waals surface area contributed by atoms with Crippen LogP contribution in [0.25, 0.3) is 0 Å². The fraction of sp³-hybridized carbons (Fsp3) is 0.300. The maximum atomic E-state index is 12.7. The summed E-state index contributed by atoms with van der Waals surface area (Å²) < 4.78 is 0. The molecule has 2 heteroatoms. The van der Waals surface area contributed by atoms with Gasteiger partial charge in [-0.25, -0.2) is 0 Å². The molecule has 0 unspecified atom stereocenters. The molecule has 0 aliphatic heterocycles. The van der Waals surface area contributed by atoms with Crippen LogP contribution in [-0.4, -0.2) is 11.6 Å². The molecule has 2 nitrogen and oxygen atoms in total. The van der Waals surface area contributed by atoms with E-state index in [9.17, 15) is 9.59 Å². The van der Waals surface area contributed by atoms with Crippen molar-refractivity contribution in [3.8, 4) is 0 Å². The summed E-state index contributed by atoms with van der Waals surface area (Å²) in [4.78, 5) is 25.4. The Morgan fingerprint density at radius 2 is 1.32 bits per heavy atom. The van der Waals surface area contributed by atoms with Crippen molar-refractivity contribution in [1.82, 2.24) is 0 Å². The van der Waals surface area contributed by atoms with Crippen LogP contribution in [-0.2, 0) is 12.8 Å². The second-order valence-corrected chi connectivity index (χ2v) is 5.83. The molecule has 0 bridgehead atoms. The number of benzene rings is 2. The number of hydrogen-bond donors (Lipinski definition) is 0. The van der Waals surface area contributed by atoms with E-state index >= 15 is 0 Å². The van der Waals surface area contributed by atoms with Crippen molar-refractivity contribution >= 4 is 11.6 Å². The molecule has 0 N–H and O–H groups in total. The molecule has 1 aliphatic carbocycles. The highest BCUT2D eigenvalue weighted by Crippen LogP contribution is 2.30. The third kappa shape index (κ3) is 2.29. The minimum atomic E-state index is -0.0260. The molecule has 0 atom stereocenters. The molecule has 0 amide bonds. The Balaban J connectivity index is 2.16. The fourth-order valence-corrected chi connectivity index (χ4v) is 3.16. The Kier molecular flexibility index (Phi) is 3.93. The Morgan fingerprint density at radius 1 is 0.773 bits per heavy atom. The third-order valence-electron chi connectivity index (χ3n) is 4.43. The fourth-order valence-electron chi connectivity index (χ4n) is 3.16. The number of carbonyl (C=O) groups excluding carboxylic acids is 2. The second kappa shape index (κ2) is 5.88. The van der Waals surface area contributed by atoms with E-state index in [-0.39, 0.29) is 11.6 Å². The molecular weight excluding hydrogens is 272 g/mol. The lowest BCUT2D eigenvalue weighted by atomic mass is 9.81. The van der Waals surface area contributed by atoms with E-state index in [2.05, 4.69) is 13.8 Å². The molecule has 0 radical (unpaired) electrons. The molecule has 1 aliphatic rings. The zero-order valence-corrected chi connectivity index (χ0v) is 13.1. The minimum absolute atomic E-state index is 0.0226. The molecule has 3 rings (SSSR count). The topological polar surface area (TPSA) is 34.1 Å². The van der Waals surface area contributed by atoms with Gasteiger partial charge in [-0.3, -0.25) is 9.59 Å². The minimum Gasteiger partial charge on any atom is -0.289 e. The van der Waals surface area contributed by atoms with Gasteiger partial charge >= 0.3 is 0 Å². The first-order valence-corrected chi connectivity index (χ1v) is 8.01. The molecule has 0 heterocycles. The Morgan fingerprint density at radius 3 is 1.82 bits per heavy atom. The Bertz CT molecular complexity index is 756. The Hall–Kier alpha value is -2.22. The summed E-state index contributed by atoms with van der Waals surface area (Å²) in [6, 6.07) is 11.0. The highest BCUT2D eigenvalue weighted by atomic mass is 16.1. The lowest BCUT2D eigenvalue weighted by molar-refractivity contribution is 0.0979. The van der Waals surface area contributed by atoms with Crippen LogP contribution >= 0.6 is 0 Å². The van der Waals surface area contributed by atoms with Gasteiger partial charge in [-0.2, -0.15) is 0 Å². The van der Waals surface area contributed by atoms with E-state index in [0.29, 0.717) is 22.3 Å². The van der Waals surface area contributed by atoms with Gasteiger partial charge in [0, 0.05) is 22.3 Å². The van der Waals surface area contributed by atoms with E-state index in [4.69, 9.17) is 0 Å². The number of aryl methyl sites for hydroxylation is 2. The highest BCUT2D eigenvalue weighted by Gasteiger charge is 2.30. The van der Waals surface area contributed by atoms with Crippen molar-refractivity contribution in [3.05, 3.63) is 69.8 Å². The maximum absolute atomic E-state index is 12.7. The molecule has 2 aromatic carbocycles. The van der Waals surface area contributed by atoms with E-state index in [1.54, 1.807) is 12.1 Å². The molecule has 0 saturated carbocycles. The monoisotopic (exact) mass is 292 g/mol. The van der Waals surface area contributed by atoms with Gasteiger partial charge in [0.2, 0.25) is 0 Å². The first-order chi connectivity index (χ1) is 10.7. The van der Waals surface area contributed by atoms with E-state index in [0.717, 1.165) is 25.7 Å². The molecular formula is C20H20O2. The van der Waals surface area contributed by atoms with E-state index in [1.165, 1.54) is 11.1 Å². The summed E-state index contributed by atoms with van der Waals surface area (Å²) >= 11 is 0. The summed E-state index contributed by atoms with van der Waals surface area (Å²) in [5, 5.41) is 0. The van der Waals surface area contributed by atoms with Crippen LogP contribution in [0.3, 0.4) is 0 Å². The largest absolute Gasteiger partial charge is 0.289 e. The Labute approximate surface area is 131 Å². The van der Waals surface area contributed by atoms with Crippen molar-refractivity contribution < 1.29 is 9.59 Å². The number of fused-ring (bicyclic) bond motifs is 2. The van der Waals surface area contributed by atoms with E-state index < -0.39 is 0 Å². The van der Waals surface area contributed by atoms with Crippen LogP contribution in [0.4, 0.5) is 0 Å². The van der Waals surface area contributed by atoms with Gasteiger partial charge in [0.15, 0.2) is 11.6 Å². The SMILES string of the molecule is CCCCc1cc2c(cc1CC)C(=O)c1ccccc1C2=O. The zero-order chi connectivity index (χ0) is 15.7. The van der Waals surface area contributed by atoms with Gasteiger partial charge in [0.1, 0.15) is 0 Å². The average molecular weight is 292 g/mol. The van der Waals surface area contributed by atoms with Crippen LogP contribution in [0.1, 0.15) is 69.7 Å². The predicted octanol–water partition coefficient (Wildman–Crippen LogP) is 4.37. The first-order valence-electron chi connectivity index (χ1n) is 8.01. The smallest absolute Gasteiger partial charge is 0.194 e. The zero-order valence-electron chi connectivity index (χ0n) is 13.1. The molecule has 0 fully saturated rings. The normalized spacial score (nSPS) is 13.0. The van der Waals surface area contributed by atoms with Crippen molar-refractivity contribution in [2.24, 2.45) is 0 Å². The summed E-state index contributed by atoms with van der Waals surface area (Å²) in [5.74, 6) is -0.0486. The number of hydrogen-bond acceptors (Lipinski definition) is 2. The second-order valence-electron chi connectivity index (χ2n) is 5.83. The highest BCUT2D eigenvalue weighted by molar-refractivity contribution is 6.28.